The molecule has 2 aliphatic carbocycles. The van der Waals surface area contributed by atoms with Crippen molar-refractivity contribution >= 4 is 11.6 Å². The third-order valence-corrected chi connectivity index (χ3v) is 4.78. The Morgan fingerprint density at radius 1 is 1.35 bits per heavy atom. The summed E-state index contributed by atoms with van der Waals surface area (Å²) in [4.78, 5) is 23.1. The Labute approximate surface area is 103 Å². The van der Waals surface area contributed by atoms with E-state index in [1.54, 1.807) is 6.92 Å². The first-order chi connectivity index (χ1) is 7.86. The summed E-state index contributed by atoms with van der Waals surface area (Å²) in [5, 5.41) is 0. The van der Waals surface area contributed by atoms with Crippen LogP contribution < -0.4 is 0 Å². The molecule has 2 heteroatoms. The van der Waals surface area contributed by atoms with Crippen molar-refractivity contribution in [3.63, 3.8) is 0 Å². The molecule has 0 radical (unpaired) electrons. The largest absolute Gasteiger partial charge is 0.300 e. The third-order valence-electron chi connectivity index (χ3n) is 4.78. The van der Waals surface area contributed by atoms with E-state index < -0.39 is 0 Å². The lowest BCUT2D eigenvalue weighted by atomic mass is 9.84. The summed E-state index contributed by atoms with van der Waals surface area (Å²) in [5.41, 5.74) is 2.43. The van der Waals surface area contributed by atoms with Crippen molar-refractivity contribution in [3.8, 4) is 0 Å². The Morgan fingerprint density at radius 3 is 2.53 bits per heavy atom. The number of rotatable bonds is 3. The Bertz CT molecular complexity index is 401. The van der Waals surface area contributed by atoms with Crippen LogP contribution in [0.3, 0.4) is 0 Å². The molecule has 0 bridgehead atoms. The molecular weight excluding hydrogens is 212 g/mol. The van der Waals surface area contributed by atoms with Crippen molar-refractivity contribution in [2.24, 2.45) is 17.3 Å². The maximum atomic E-state index is 12.0. The Hall–Kier alpha value is -0.920. The van der Waals surface area contributed by atoms with Crippen LogP contribution in [0.2, 0.25) is 0 Å². The zero-order valence-electron chi connectivity index (χ0n) is 11.3. The summed E-state index contributed by atoms with van der Waals surface area (Å²) in [5.74, 6) is 1.84. The standard InChI is InChI=1S/C15H22O2/c1-9(2)11-7-13-12(6-5-10(3)16)15(13,4)8-14(11)17/h12-13H,5-8H2,1-4H3/t12-,13-,15-/m1/s1. The fourth-order valence-electron chi connectivity index (χ4n) is 3.56. The third kappa shape index (κ3) is 2.10. The topological polar surface area (TPSA) is 34.1 Å². The van der Waals surface area contributed by atoms with E-state index in [0.717, 1.165) is 18.4 Å². The molecule has 0 aromatic heterocycles. The van der Waals surface area contributed by atoms with Gasteiger partial charge in [-0.3, -0.25) is 4.79 Å². The molecule has 2 saturated carbocycles. The van der Waals surface area contributed by atoms with Crippen LogP contribution in [0.25, 0.3) is 0 Å². The second-order valence-corrected chi connectivity index (χ2v) is 6.24. The molecule has 17 heavy (non-hydrogen) atoms. The molecule has 0 heterocycles. The van der Waals surface area contributed by atoms with Crippen LogP contribution in [0, 0.1) is 17.3 Å². The minimum Gasteiger partial charge on any atom is -0.300 e. The van der Waals surface area contributed by atoms with Gasteiger partial charge in [0, 0.05) is 12.8 Å². The summed E-state index contributed by atoms with van der Waals surface area (Å²) in [6.07, 6.45) is 3.29. The highest BCUT2D eigenvalue weighted by molar-refractivity contribution is 5.98. The van der Waals surface area contributed by atoms with E-state index >= 15 is 0 Å². The quantitative estimate of drug-likeness (QED) is 0.702. The lowest BCUT2D eigenvalue weighted by molar-refractivity contribution is -0.118. The zero-order chi connectivity index (χ0) is 12.8. The van der Waals surface area contributed by atoms with Crippen molar-refractivity contribution in [1.82, 2.24) is 0 Å². The average molecular weight is 234 g/mol. The van der Waals surface area contributed by atoms with Gasteiger partial charge in [0.05, 0.1) is 0 Å². The minimum atomic E-state index is 0.200. The molecule has 2 fully saturated rings. The number of hydrogen-bond acceptors (Lipinski definition) is 2. The maximum absolute atomic E-state index is 12.0. The zero-order valence-corrected chi connectivity index (χ0v) is 11.3. The smallest absolute Gasteiger partial charge is 0.159 e. The minimum absolute atomic E-state index is 0.200. The molecule has 94 valence electrons. The Kier molecular flexibility index (Phi) is 3.01. The SMILES string of the molecule is CC(=O)CC[C@@H]1[C@H]2CC(=C(C)C)C(=O)C[C@]12C. The first kappa shape index (κ1) is 12.5. The molecular formula is C15H22O2. The number of allylic oxidation sites excluding steroid dienone is 2. The molecule has 2 rings (SSSR count). The van der Waals surface area contributed by atoms with Crippen molar-refractivity contribution < 1.29 is 9.59 Å². The molecule has 0 aromatic rings. The van der Waals surface area contributed by atoms with Gasteiger partial charge in [-0.15, -0.1) is 0 Å². The van der Waals surface area contributed by atoms with Crippen molar-refractivity contribution in [2.75, 3.05) is 0 Å². The summed E-state index contributed by atoms with van der Waals surface area (Å²) in [6, 6.07) is 0. The van der Waals surface area contributed by atoms with Crippen LogP contribution in [0.1, 0.15) is 53.4 Å². The van der Waals surface area contributed by atoms with Gasteiger partial charge in [0.2, 0.25) is 0 Å². The number of Topliss-reactive ketones (excluding diaryl/α,β-unsaturated/α-hetero) is 2. The van der Waals surface area contributed by atoms with Crippen LogP contribution in [0.15, 0.2) is 11.1 Å². The van der Waals surface area contributed by atoms with Gasteiger partial charge in [-0.05, 0) is 56.4 Å². The predicted octanol–water partition coefficient (Wildman–Crippen LogP) is 3.31. The number of fused-ring (bicyclic) bond motifs is 1. The number of ketones is 2. The molecule has 2 nitrogen and oxygen atoms in total. The Morgan fingerprint density at radius 2 is 2.00 bits per heavy atom. The van der Waals surface area contributed by atoms with Gasteiger partial charge >= 0.3 is 0 Å². The summed E-state index contributed by atoms with van der Waals surface area (Å²) >= 11 is 0. The molecule has 0 saturated heterocycles. The highest BCUT2D eigenvalue weighted by Gasteiger charge is 2.63. The highest BCUT2D eigenvalue weighted by atomic mass is 16.1. The first-order valence-electron chi connectivity index (χ1n) is 6.55. The predicted molar refractivity (Wildman–Crippen MR) is 67.6 cm³/mol. The van der Waals surface area contributed by atoms with Crippen LogP contribution in [-0.2, 0) is 9.59 Å². The van der Waals surface area contributed by atoms with E-state index in [0.29, 0.717) is 30.5 Å². The van der Waals surface area contributed by atoms with Crippen LogP contribution >= 0.6 is 0 Å². The fourth-order valence-corrected chi connectivity index (χ4v) is 3.56. The van der Waals surface area contributed by atoms with E-state index in [-0.39, 0.29) is 11.2 Å². The van der Waals surface area contributed by atoms with Crippen LogP contribution in [-0.4, -0.2) is 11.6 Å². The molecule has 3 atom stereocenters. The van der Waals surface area contributed by atoms with E-state index in [1.165, 1.54) is 5.57 Å². The van der Waals surface area contributed by atoms with Crippen molar-refractivity contribution in [2.45, 2.75) is 53.4 Å². The Balaban J connectivity index is 2.07. The molecule has 0 aromatic carbocycles. The number of hydrogen-bond donors (Lipinski definition) is 0. The van der Waals surface area contributed by atoms with Gasteiger partial charge in [0.25, 0.3) is 0 Å². The molecule has 0 spiro atoms. The first-order valence-corrected chi connectivity index (χ1v) is 6.55. The lowest BCUT2D eigenvalue weighted by Crippen LogP contribution is -2.18. The molecule has 0 aliphatic heterocycles. The summed E-state index contributed by atoms with van der Waals surface area (Å²) in [6.45, 7) is 7.94. The normalized spacial score (nSPS) is 35.5. The van der Waals surface area contributed by atoms with E-state index in [4.69, 9.17) is 0 Å². The molecule has 2 aliphatic rings. The van der Waals surface area contributed by atoms with E-state index in [2.05, 4.69) is 6.92 Å². The van der Waals surface area contributed by atoms with Crippen LogP contribution in [0.5, 0.6) is 0 Å². The van der Waals surface area contributed by atoms with Crippen LogP contribution in [0.4, 0.5) is 0 Å². The van der Waals surface area contributed by atoms with E-state index in [9.17, 15) is 9.59 Å². The summed E-state index contributed by atoms with van der Waals surface area (Å²) in [7, 11) is 0. The highest BCUT2D eigenvalue weighted by Crippen LogP contribution is 2.67. The molecule has 0 amide bonds. The van der Waals surface area contributed by atoms with Gasteiger partial charge in [-0.1, -0.05) is 12.5 Å². The lowest BCUT2D eigenvalue weighted by Gasteiger charge is -2.19. The second kappa shape index (κ2) is 4.08. The molecule has 0 N–H and O–H groups in total. The second-order valence-electron chi connectivity index (χ2n) is 6.24. The average Bonchev–Trinajstić information content (AvgIpc) is 2.76. The van der Waals surface area contributed by atoms with Gasteiger partial charge < -0.3 is 4.79 Å². The number of carbonyl (C=O) groups is 2. The summed E-state index contributed by atoms with van der Waals surface area (Å²) < 4.78 is 0. The van der Waals surface area contributed by atoms with Crippen molar-refractivity contribution in [1.29, 1.82) is 0 Å². The molecule has 0 unspecified atom stereocenters. The van der Waals surface area contributed by atoms with Gasteiger partial charge in [0.1, 0.15) is 5.78 Å². The monoisotopic (exact) mass is 234 g/mol. The maximum Gasteiger partial charge on any atom is 0.159 e. The van der Waals surface area contributed by atoms with Gasteiger partial charge in [-0.2, -0.15) is 0 Å². The number of carbonyl (C=O) groups excluding carboxylic acids is 2. The van der Waals surface area contributed by atoms with E-state index in [1.807, 2.05) is 13.8 Å². The fraction of sp³-hybridized carbons (Fsp3) is 0.733. The van der Waals surface area contributed by atoms with Gasteiger partial charge in [0.15, 0.2) is 5.78 Å². The van der Waals surface area contributed by atoms with Gasteiger partial charge in [-0.25, -0.2) is 0 Å². The van der Waals surface area contributed by atoms with Crippen molar-refractivity contribution in [3.05, 3.63) is 11.1 Å².